The van der Waals surface area contributed by atoms with E-state index in [4.69, 9.17) is 4.74 Å². The van der Waals surface area contributed by atoms with Gasteiger partial charge in [-0.15, -0.1) is 0 Å². The largest absolute Gasteiger partial charge is 0.497 e. The Morgan fingerprint density at radius 3 is 2.30 bits per heavy atom. The monoisotopic (exact) mass is 465 g/mol. The number of ether oxygens (including phenoxy) is 1. The lowest BCUT2D eigenvalue weighted by Crippen LogP contribution is -2.18. The minimum Gasteiger partial charge on any atom is -0.497 e. The maximum absolute atomic E-state index is 12.7. The number of rotatable bonds is 8. The second kappa shape index (κ2) is 10.1. The SMILES string of the molecule is COc1ccc(NS(=O)(=O)c2ccc(C(=O)Nc3cccc(CN4CCCC4)c3)cc2)cc1. The van der Waals surface area contributed by atoms with Gasteiger partial charge in [-0.05, 0) is 92.2 Å². The van der Waals surface area contributed by atoms with E-state index in [1.54, 1.807) is 31.4 Å². The third-order valence-electron chi connectivity index (χ3n) is 5.56. The summed E-state index contributed by atoms with van der Waals surface area (Å²) >= 11 is 0. The lowest BCUT2D eigenvalue weighted by atomic mass is 10.1. The molecule has 0 radical (unpaired) electrons. The fraction of sp³-hybridized carbons (Fsp3) is 0.240. The van der Waals surface area contributed by atoms with Crippen LogP contribution in [0.25, 0.3) is 0 Å². The summed E-state index contributed by atoms with van der Waals surface area (Å²) in [5.41, 5.74) is 2.67. The van der Waals surface area contributed by atoms with Crippen LogP contribution < -0.4 is 14.8 Å². The highest BCUT2D eigenvalue weighted by Crippen LogP contribution is 2.21. The molecule has 0 aromatic heterocycles. The van der Waals surface area contributed by atoms with Gasteiger partial charge in [0.25, 0.3) is 15.9 Å². The number of anilines is 2. The average molecular weight is 466 g/mol. The lowest BCUT2D eigenvalue weighted by molar-refractivity contribution is 0.102. The molecule has 0 unspecified atom stereocenters. The third-order valence-corrected chi connectivity index (χ3v) is 6.96. The van der Waals surface area contributed by atoms with Crippen LogP contribution in [-0.4, -0.2) is 39.4 Å². The van der Waals surface area contributed by atoms with Crippen molar-refractivity contribution >= 4 is 27.3 Å². The van der Waals surface area contributed by atoms with E-state index in [-0.39, 0.29) is 10.8 Å². The zero-order valence-electron chi connectivity index (χ0n) is 18.5. The average Bonchev–Trinajstić information content (AvgIpc) is 3.33. The molecule has 0 spiro atoms. The molecule has 0 saturated carbocycles. The minimum absolute atomic E-state index is 0.0717. The van der Waals surface area contributed by atoms with Gasteiger partial charge in [-0.3, -0.25) is 14.4 Å². The Hall–Kier alpha value is -3.36. The van der Waals surface area contributed by atoms with E-state index in [2.05, 4.69) is 21.0 Å². The number of hydrogen-bond donors (Lipinski definition) is 2. The first-order valence-corrected chi connectivity index (χ1v) is 12.3. The van der Waals surface area contributed by atoms with Crippen molar-refractivity contribution in [3.8, 4) is 5.75 Å². The van der Waals surface area contributed by atoms with E-state index in [0.717, 1.165) is 30.9 Å². The van der Waals surface area contributed by atoms with E-state index in [1.807, 2.05) is 18.2 Å². The molecule has 3 aromatic carbocycles. The molecule has 8 heteroatoms. The molecule has 7 nitrogen and oxygen atoms in total. The van der Waals surface area contributed by atoms with Crippen LogP contribution in [0, 0.1) is 0 Å². The number of methoxy groups -OCH3 is 1. The van der Waals surface area contributed by atoms with Crippen LogP contribution in [0.3, 0.4) is 0 Å². The summed E-state index contributed by atoms with van der Waals surface area (Å²) in [4.78, 5) is 15.2. The Morgan fingerprint density at radius 2 is 1.64 bits per heavy atom. The number of benzene rings is 3. The molecule has 0 bridgehead atoms. The molecular formula is C25H27N3O4S. The Balaban J connectivity index is 1.40. The normalized spacial score (nSPS) is 14.1. The maximum Gasteiger partial charge on any atom is 0.261 e. The minimum atomic E-state index is -3.78. The van der Waals surface area contributed by atoms with Crippen molar-refractivity contribution in [1.82, 2.24) is 4.90 Å². The highest BCUT2D eigenvalue weighted by molar-refractivity contribution is 7.92. The standard InChI is InChI=1S/C25H27N3O4S/c1-32-23-11-9-21(10-12-23)27-33(30,31)24-13-7-20(8-14-24)25(29)26-22-6-4-5-19(17-22)18-28-15-2-3-16-28/h4-14,17,27H,2-3,15-16,18H2,1H3,(H,26,29). The summed E-state index contributed by atoms with van der Waals surface area (Å²) in [5.74, 6) is 0.343. The number of sulfonamides is 1. The molecule has 33 heavy (non-hydrogen) atoms. The van der Waals surface area contributed by atoms with Gasteiger partial charge in [-0.2, -0.15) is 0 Å². The Bertz CT molecular complexity index is 1200. The molecule has 4 rings (SSSR count). The number of nitrogens with zero attached hydrogens (tertiary/aromatic N) is 1. The number of likely N-dealkylation sites (tertiary alicyclic amines) is 1. The van der Waals surface area contributed by atoms with Crippen LogP contribution >= 0.6 is 0 Å². The Labute approximate surface area is 194 Å². The molecule has 1 heterocycles. The van der Waals surface area contributed by atoms with Crippen molar-refractivity contribution in [2.24, 2.45) is 0 Å². The van der Waals surface area contributed by atoms with Crippen molar-refractivity contribution in [3.63, 3.8) is 0 Å². The van der Waals surface area contributed by atoms with E-state index in [0.29, 0.717) is 17.0 Å². The van der Waals surface area contributed by atoms with Gasteiger partial charge < -0.3 is 10.1 Å². The number of carbonyl (C=O) groups is 1. The predicted octanol–water partition coefficient (Wildman–Crippen LogP) is 4.34. The van der Waals surface area contributed by atoms with Gasteiger partial charge in [-0.25, -0.2) is 8.42 Å². The Morgan fingerprint density at radius 1 is 0.939 bits per heavy atom. The molecular weight excluding hydrogens is 438 g/mol. The van der Waals surface area contributed by atoms with Crippen molar-refractivity contribution in [2.75, 3.05) is 30.2 Å². The lowest BCUT2D eigenvalue weighted by Gasteiger charge is -2.15. The van der Waals surface area contributed by atoms with Crippen LogP contribution in [0.1, 0.15) is 28.8 Å². The van der Waals surface area contributed by atoms with E-state index in [9.17, 15) is 13.2 Å². The Kier molecular flexibility index (Phi) is 6.96. The van der Waals surface area contributed by atoms with E-state index in [1.165, 1.54) is 37.1 Å². The summed E-state index contributed by atoms with van der Waals surface area (Å²) < 4.78 is 32.9. The first-order chi connectivity index (χ1) is 15.9. The molecule has 1 aliphatic heterocycles. The third kappa shape index (κ3) is 5.91. The molecule has 0 aliphatic carbocycles. The summed E-state index contributed by atoms with van der Waals surface area (Å²) in [7, 11) is -2.23. The molecule has 1 saturated heterocycles. The van der Waals surface area contributed by atoms with Crippen LogP contribution in [0.2, 0.25) is 0 Å². The zero-order valence-corrected chi connectivity index (χ0v) is 19.3. The van der Waals surface area contributed by atoms with Gasteiger partial charge in [0.05, 0.1) is 12.0 Å². The molecule has 3 aromatic rings. The van der Waals surface area contributed by atoms with Crippen LogP contribution in [0.15, 0.2) is 77.7 Å². The predicted molar refractivity (Wildman–Crippen MR) is 129 cm³/mol. The summed E-state index contributed by atoms with van der Waals surface area (Å²) in [6, 6.07) is 20.3. The number of amides is 1. The molecule has 172 valence electrons. The maximum atomic E-state index is 12.7. The number of hydrogen-bond acceptors (Lipinski definition) is 5. The molecule has 1 aliphatic rings. The van der Waals surface area contributed by atoms with Gasteiger partial charge >= 0.3 is 0 Å². The summed E-state index contributed by atoms with van der Waals surface area (Å²) in [6.07, 6.45) is 2.47. The quantitative estimate of drug-likeness (QED) is 0.517. The molecule has 0 atom stereocenters. The van der Waals surface area contributed by atoms with Crippen LogP contribution in [0.4, 0.5) is 11.4 Å². The number of nitrogens with one attached hydrogen (secondary N) is 2. The highest BCUT2D eigenvalue weighted by atomic mass is 32.2. The zero-order chi connectivity index (χ0) is 23.3. The molecule has 1 fully saturated rings. The van der Waals surface area contributed by atoms with E-state index < -0.39 is 10.0 Å². The first kappa shape index (κ1) is 22.8. The summed E-state index contributed by atoms with van der Waals surface area (Å²) in [6.45, 7) is 3.09. The van der Waals surface area contributed by atoms with Gasteiger partial charge in [-0.1, -0.05) is 12.1 Å². The van der Waals surface area contributed by atoms with Crippen molar-refractivity contribution in [2.45, 2.75) is 24.3 Å². The number of carbonyl (C=O) groups excluding carboxylic acids is 1. The molecule has 2 N–H and O–H groups in total. The van der Waals surface area contributed by atoms with Gasteiger partial charge in [0.2, 0.25) is 0 Å². The fourth-order valence-electron chi connectivity index (χ4n) is 3.81. The van der Waals surface area contributed by atoms with Crippen molar-refractivity contribution in [1.29, 1.82) is 0 Å². The van der Waals surface area contributed by atoms with E-state index >= 15 is 0 Å². The van der Waals surface area contributed by atoms with Crippen molar-refractivity contribution < 1.29 is 17.9 Å². The first-order valence-electron chi connectivity index (χ1n) is 10.8. The second-order valence-corrected chi connectivity index (χ2v) is 9.68. The van der Waals surface area contributed by atoms with Crippen molar-refractivity contribution in [3.05, 3.63) is 83.9 Å². The fourth-order valence-corrected chi connectivity index (χ4v) is 4.87. The van der Waals surface area contributed by atoms with Crippen LogP contribution in [-0.2, 0) is 16.6 Å². The molecule has 1 amide bonds. The second-order valence-electron chi connectivity index (χ2n) is 8.00. The van der Waals surface area contributed by atoms with Gasteiger partial charge in [0.15, 0.2) is 0 Å². The van der Waals surface area contributed by atoms with Crippen LogP contribution in [0.5, 0.6) is 5.75 Å². The summed E-state index contributed by atoms with van der Waals surface area (Å²) in [5, 5.41) is 2.90. The smallest absolute Gasteiger partial charge is 0.261 e. The highest BCUT2D eigenvalue weighted by Gasteiger charge is 2.16. The topological polar surface area (TPSA) is 87.7 Å². The van der Waals surface area contributed by atoms with Gasteiger partial charge in [0.1, 0.15) is 5.75 Å². The van der Waals surface area contributed by atoms with Gasteiger partial charge in [0, 0.05) is 23.5 Å².